The second-order valence-electron chi connectivity index (χ2n) is 4.05. The predicted molar refractivity (Wildman–Crippen MR) is 60.4 cm³/mol. The van der Waals surface area contributed by atoms with Crippen molar-refractivity contribution in [2.24, 2.45) is 0 Å². The summed E-state index contributed by atoms with van der Waals surface area (Å²) in [6.07, 6.45) is 0. The maximum atomic E-state index is 13.1. The minimum absolute atomic E-state index is 0.0217. The molecule has 0 aliphatic rings. The molecule has 1 heterocycles. The number of rotatable bonds is 2. The van der Waals surface area contributed by atoms with E-state index in [1.165, 1.54) is 6.07 Å². The van der Waals surface area contributed by atoms with Crippen LogP contribution >= 0.6 is 0 Å². The summed E-state index contributed by atoms with van der Waals surface area (Å²) in [6, 6.07) is 3.58. The Hall–Kier alpha value is -1.91. The first-order valence-electron chi connectivity index (χ1n) is 5.20. The first-order valence-corrected chi connectivity index (χ1v) is 5.20. The number of nitrogens with two attached hydrogens (primary N) is 1. The van der Waals surface area contributed by atoms with E-state index in [0.717, 1.165) is 12.1 Å². The van der Waals surface area contributed by atoms with Crippen LogP contribution in [0.15, 0.2) is 22.6 Å². The molecule has 0 aliphatic heterocycles. The molecule has 2 N–H and O–H groups in total. The van der Waals surface area contributed by atoms with Crippen molar-refractivity contribution in [2.75, 3.05) is 5.73 Å². The van der Waals surface area contributed by atoms with Crippen LogP contribution in [0.5, 0.6) is 0 Å². The van der Waals surface area contributed by atoms with Gasteiger partial charge >= 0.3 is 0 Å². The van der Waals surface area contributed by atoms with Crippen LogP contribution in [0.1, 0.15) is 25.5 Å². The minimum atomic E-state index is -0.924. The maximum absolute atomic E-state index is 13.1. The SMILES string of the molecule is CC(C)c1nc(N)oc1-c1ccc(F)c(F)c1. The van der Waals surface area contributed by atoms with E-state index in [-0.39, 0.29) is 11.9 Å². The molecule has 0 saturated heterocycles. The summed E-state index contributed by atoms with van der Waals surface area (Å²) in [5, 5.41) is 0. The zero-order chi connectivity index (χ0) is 12.6. The highest BCUT2D eigenvalue weighted by molar-refractivity contribution is 5.61. The molecule has 2 aromatic rings. The number of hydrogen-bond donors (Lipinski definition) is 1. The van der Waals surface area contributed by atoms with Gasteiger partial charge in [-0.25, -0.2) is 8.78 Å². The average molecular weight is 238 g/mol. The van der Waals surface area contributed by atoms with Crippen molar-refractivity contribution in [2.45, 2.75) is 19.8 Å². The molecule has 0 spiro atoms. The van der Waals surface area contributed by atoms with Gasteiger partial charge < -0.3 is 10.2 Å². The molecule has 0 atom stereocenters. The monoisotopic (exact) mass is 238 g/mol. The second-order valence-corrected chi connectivity index (χ2v) is 4.05. The van der Waals surface area contributed by atoms with Crippen molar-refractivity contribution in [3.05, 3.63) is 35.5 Å². The fourth-order valence-electron chi connectivity index (χ4n) is 1.58. The minimum Gasteiger partial charge on any atom is -0.423 e. The van der Waals surface area contributed by atoms with Gasteiger partial charge in [-0.15, -0.1) is 0 Å². The standard InChI is InChI=1S/C12H12F2N2O/c1-6(2)10-11(17-12(15)16-10)7-3-4-8(13)9(14)5-7/h3-6H,1-2H3,(H2,15,16). The lowest BCUT2D eigenvalue weighted by Gasteiger charge is -2.04. The first kappa shape index (κ1) is 11.6. The van der Waals surface area contributed by atoms with E-state index in [9.17, 15) is 8.78 Å². The summed E-state index contributed by atoms with van der Waals surface area (Å²) in [5.74, 6) is -1.35. The Balaban J connectivity index is 2.55. The van der Waals surface area contributed by atoms with Crippen molar-refractivity contribution < 1.29 is 13.2 Å². The number of hydrogen-bond acceptors (Lipinski definition) is 3. The van der Waals surface area contributed by atoms with Crippen LogP contribution in [-0.4, -0.2) is 4.98 Å². The molecule has 3 nitrogen and oxygen atoms in total. The van der Waals surface area contributed by atoms with E-state index in [1.54, 1.807) is 0 Å². The molecule has 0 amide bonds. The van der Waals surface area contributed by atoms with E-state index in [2.05, 4.69) is 4.98 Å². The van der Waals surface area contributed by atoms with Crippen molar-refractivity contribution >= 4 is 6.01 Å². The van der Waals surface area contributed by atoms with Crippen LogP contribution in [0.2, 0.25) is 0 Å². The van der Waals surface area contributed by atoms with Gasteiger partial charge in [-0.1, -0.05) is 13.8 Å². The van der Waals surface area contributed by atoms with Crippen molar-refractivity contribution in [1.29, 1.82) is 0 Å². The molecule has 17 heavy (non-hydrogen) atoms. The summed E-state index contributed by atoms with van der Waals surface area (Å²) in [7, 11) is 0. The third kappa shape index (κ3) is 2.13. The lowest BCUT2D eigenvalue weighted by atomic mass is 10.0. The molecule has 5 heteroatoms. The predicted octanol–water partition coefficient (Wildman–Crippen LogP) is 3.33. The lowest BCUT2D eigenvalue weighted by molar-refractivity contribution is 0.508. The van der Waals surface area contributed by atoms with Crippen molar-refractivity contribution in [1.82, 2.24) is 4.98 Å². The third-order valence-electron chi connectivity index (χ3n) is 2.40. The third-order valence-corrected chi connectivity index (χ3v) is 2.40. The van der Waals surface area contributed by atoms with Gasteiger partial charge in [0.1, 0.15) is 0 Å². The van der Waals surface area contributed by atoms with Gasteiger partial charge in [0.15, 0.2) is 17.4 Å². The Morgan fingerprint density at radius 1 is 1.24 bits per heavy atom. The fourth-order valence-corrected chi connectivity index (χ4v) is 1.58. The van der Waals surface area contributed by atoms with Gasteiger partial charge in [0.05, 0.1) is 5.69 Å². The molecule has 0 fully saturated rings. The molecule has 0 bridgehead atoms. The molecular weight excluding hydrogens is 226 g/mol. The molecule has 2 rings (SSSR count). The van der Waals surface area contributed by atoms with Crippen LogP contribution in [0.4, 0.5) is 14.8 Å². The number of anilines is 1. The number of nitrogens with zero attached hydrogens (tertiary/aromatic N) is 1. The number of aromatic nitrogens is 1. The van der Waals surface area contributed by atoms with Crippen molar-refractivity contribution in [3.63, 3.8) is 0 Å². The maximum Gasteiger partial charge on any atom is 0.292 e. The molecule has 0 saturated carbocycles. The highest BCUT2D eigenvalue weighted by Gasteiger charge is 2.17. The van der Waals surface area contributed by atoms with Crippen LogP contribution in [0.3, 0.4) is 0 Å². The largest absolute Gasteiger partial charge is 0.423 e. The first-order chi connectivity index (χ1) is 7.99. The molecule has 1 aromatic carbocycles. The highest BCUT2D eigenvalue weighted by atomic mass is 19.2. The van der Waals surface area contributed by atoms with E-state index in [1.807, 2.05) is 13.8 Å². The van der Waals surface area contributed by atoms with Crippen LogP contribution in [0, 0.1) is 11.6 Å². The Kier molecular flexibility index (Phi) is 2.83. The van der Waals surface area contributed by atoms with Gasteiger partial charge in [-0.2, -0.15) is 4.98 Å². The average Bonchev–Trinajstić information content (AvgIpc) is 2.64. The topological polar surface area (TPSA) is 52.0 Å². The van der Waals surface area contributed by atoms with Crippen LogP contribution in [0.25, 0.3) is 11.3 Å². The fraction of sp³-hybridized carbons (Fsp3) is 0.250. The molecule has 0 unspecified atom stereocenters. The van der Waals surface area contributed by atoms with E-state index in [0.29, 0.717) is 17.0 Å². The summed E-state index contributed by atoms with van der Waals surface area (Å²) in [6.45, 7) is 3.83. The van der Waals surface area contributed by atoms with E-state index >= 15 is 0 Å². The van der Waals surface area contributed by atoms with E-state index in [4.69, 9.17) is 10.2 Å². The van der Waals surface area contributed by atoms with Crippen molar-refractivity contribution in [3.8, 4) is 11.3 Å². The summed E-state index contributed by atoms with van der Waals surface area (Å²) >= 11 is 0. The molecular formula is C12H12F2N2O. The Morgan fingerprint density at radius 3 is 2.53 bits per heavy atom. The zero-order valence-corrected chi connectivity index (χ0v) is 9.50. The van der Waals surface area contributed by atoms with Gasteiger partial charge in [-0.3, -0.25) is 0 Å². The summed E-state index contributed by atoms with van der Waals surface area (Å²) in [4.78, 5) is 4.03. The van der Waals surface area contributed by atoms with Gasteiger partial charge in [0.2, 0.25) is 0 Å². The molecule has 0 aliphatic carbocycles. The normalized spacial score (nSPS) is 11.1. The molecule has 1 aromatic heterocycles. The van der Waals surface area contributed by atoms with Gasteiger partial charge in [0.25, 0.3) is 6.01 Å². The lowest BCUT2D eigenvalue weighted by Crippen LogP contribution is -1.92. The molecule has 0 radical (unpaired) electrons. The van der Waals surface area contributed by atoms with E-state index < -0.39 is 11.6 Å². The Labute approximate surface area is 97.3 Å². The summed E-state index contributed by atoms with van der Waals surface area (Å²) in [5.41, 5.74) is 6.54. The highest BCUT2D eigenvalue weighted by Crippen LogP contribution is 2.31. The number of benzene rings is 1. The number of halogens is 2. The van der Waals surface area contributed by atoms with Crippen LogP contribution in [-0.2, 0) is 0 Å². The Bertz CT molecular complexity index is 549. The molecule has 90 valence electrons. The zero-order valence-electron chi connectivity index (χ0n) is 9.50. The second kappa shape index (κ2) is 4.16. The summed E-state index contributed by atoms with van der Waals surface area (Å²) < 4.78 is 31.2. The Morgan fingerprint density at radius 2 is 1.94 bits per heavy atom. The number of oxazole rings is 1. The smallest absolute Gasteiger partial charge is 0.292 e. The number of nitrogen functional groups attached to an aromatic ring is 1. The quantitative estimate of drug-likeness (QED) is 0.873. The van der Waals surface area contributed by atoms with Crippen LogP contribution < -0.4 is 5.73 Å². The van der Waals surface area contributed by atoms with Gasteiger partial charge in [-0.05, 0) is 24.1 Å². The van der Waals surface area contributed by atoms with Gasteiger partial charge in [0, 0.05) is 5.56 Å².